The van der Waals surface area contributed by atoms with Crippen molar-refractivity contribution in [1.82, 2.24) is 14.3 Å². The molecule has 1 saturated carbocycles. The molecular formula is C24H25N5O2S. The number of rotatable bonds is 5. The first kappa shape index (κ1) is 20.7. The topological polar surface area (TPSA) is 93.1 Å². The number of anilines is 1. The lowest BCUT2D eigenvalue weighted by atomic mass is 9.87. The van der Waals surface area contributed by atoms with Gasteiger partial charge in [-0.3, -0.25) is 0 Å². The van der Waals surface area contributed by atoms with Gasteiger partial charge >= 0.3 is 0 Å². The lowest BCUT2D eigenvalue weighted by molar-refractivity contribution is 0.269. The summed E-state index contributed by atoms with van der Waals surface area (Å²) in [7, 11) is -3.50. The van der Waals surface area contributed by atoms with Gasteiger partial charge in [-0.2, -0.15) is 9.57 Å². The van der Waals surface area contributed by atoms with Crippen LogP contribution in [0.25, 0.3) is 0 Å². The summed E-state index contributed by atoms with van der Waals surface area (Å²) in [5, 5.41) is 9.44. The van der Waals surface area contributed by atoms with E-state index in [0.29, 0.717) is 18.7 Å². The summed E-state index contributed by atoms with van der Waals surface area (Å²) in [4.78, 5) is 9.61. The van der Waals surface area contributed by atoms with Crippen molar-refractivity contribution >= 4 is 15.7 Å². The Labute approximate surface area is 188 Å². The molecule has 8 heteroatoms. The second-order valence-electron chi connectivity index (χ2n) is 8.74. The number of hydrogen-bond acceptors (Lipinski definition) is 5. The van der Waals surface area contributed by atoms with Crippen molar-refractivity contribution < 1.29 is 8.42 Å². The smallest absolute Gasteiger partial charge is 0.211 e. The third-order valence-electron chi connectivity index (χ3n) is 6.73. The Morgan fingerprint density at radius 1 is 1.22 bits per heavy atom. The number of hydrogen-bond donors (Lipinski definition) is 1. The summed E-state index contributed by atoms with van der Waals surface area (Å²) in [6.45, 7) is 1.36. The fourth-order valence-corrected chi connectivity index (χ4v) is 6.11. The summed E-state index contributed by atoms with van der Waals surface area (Å²) in [5.74, 6) is 0. The van der Waals surface area contributed by atoms with Crippen molar-refractivity contribution in [2.24, 2.45) is 0 Å². The molecule has 1 atom stereocenters. The van der Waals surface area contributed by atoms with Crippen molar-refractivity contribution in [3.63, 3.8) is 0 Å². The van der Waals surface area contributed by atoms with E-state index in [1.54, 1.807) is 16.7 Å². The average Bonchev–Trinajstić information content (AvgIpc) is 3.47. The van der Waals surface area contributed by atoms with Crippen LogP contribution in [0.15, 0.2) is 61.1 Å². The predicted octanol–water partition coefficient (Wildman–Crippen LogP) is 3.16. The van der Waals surface area contributed by atoms with Gasteiger partial charge in [-0.15, -0.1) is 0 Å². The summed E-state index contributed by atoms with van der Waals surface area (Å²) >= 11 is 0. The van der Waals surface area contributed by atoms with Gasteiger partial charge in [-0.1, -0.05) is 30.3 Å². The third kappa shape index (κ3) is 3.68. The number of aromatic nitrogens is 2. The van der Waals surface area contributed by atoms with Gasteiger partial charge < -0.3 is 9.88 Å². The number of nitriles is 1. The number of imidazole rings is 1. The van der Waals surface area contributed by atoms with E-state index in [2.05, 4.69) is 33.1 Å². The monoisotopic (exact) mass is 447 g/mol. The molecule has 0 saturated heterocycles. The first-order valence-electron chi connectivity index (χ1n) is 10.7. The summed E-state index contributed by atoms with van der Waals surface area (Å²) in [6.07, 6.45) is 6.70. The second kappa shape index (κ2) is 7.76. The molecule has 0 amide bonds. The normalized spacial score (nSPS) is 20.2. The molecule has 7 nitrogen and oxygen atoms in total. The largest absolute Gasteiger partial charge is 0.364 e. The molecule has 164 valence electrons. The minimum Gasteiger partial charge on any atom is -0.364 e. The van der Waals surface area contributed by atoms with Crippen LogP contribution in [0.3, 0.4) is 0 Å². The van der Waals surface area contributed by atoms with Gasteiger partial charge in [0.15, 0.2) is 0 Å². The molecule has 1 fully saturated rings. The number of benzene rings is 2. The van der Waals surface area contributed by atoms with E-state index in [4.69, 9.17) is 0 Å². The van der Waals surface area contributed by atoms with Crippen LogP contribution in [0.1, 0.15) is 35.2 Å². The Morgan fingerprint density at radius 3 is 2.62 bits per heavy atom. The molecule has 2 aromatic carbocycles. The minimum absolute atomic E-state index is 0.214. The molecule has 32 heavy (non-hydrogen) atoms. The zero-order chi connectivity index (χ0) is 22.3. The number of nitrogens with zero attached hydrogens (tertiary/aromatic N) is 4. The second-order valence-corrected chi connectivity index (χ2v) is 10.7. The van der Waals surface area contributed by atoms with Crippen LogP contribution in [0.5, 0.6) is 0 Å². The van der Waals surface area contributed by atoms with Crippen molar-refractivity contribution in [1.29, 1.82) is 5.26 Å². The highest BCUT2D eigenvalue weighted by Crippen LogP contribution is 2.54. The molecule has 5 rings (SSSR count). The molecule has 0 spiro atoms. The van der Waals surface area contributed by atoms with Crippen molar-refractivity contribution in [3.05, 3.63) is 83.4 Å². The zero-order valence-corrected chi connectivity index (χ0v) is 18.7. The van der Waals surface area contributed by atoms with Crippen molar-refractivity contribution in [2.45, 2.75) is 37.4 Å². The molecule has 1 unspecified atom stereocenters. The minimum atomic E-state index is -3.50. The molecule has 1 aliphatic carbocycles. The highest BCUT2D eigenvalue weighted by Gasteiger charge is 2.55. The van der Waals surface area contributed by atoms with Crippen LogP contribution in [-0.4, -0.2) is 41.5 Å². The fraction of sp³-hybridized carbons (Fsp3) is 0.333. The summed E-state index contributed by atoms with van der Waals surface area (Å²) in [5.41, 5.74) is 4.18. The predicted molar refractivity (Wildman–Crippen MR) is 122 cm³/mol. The Morgan fingerprint density at radius 2 is 2.00 bits per heavy atom. The average molecular weight is 448 g/mol. The van der Waals surface area contributed by atoms with E-state index in [-0.39, 0.29) is 18.0 Å². The Bertz CT molecular complexity index is 1260. The lowest BCUT2D eigenvalue weighted by Crippen LogP contribution is -2.50. The van der Waals surface area contributed by atoms with Crippen molar-refractivity contribution in [3.8, 4) is 6.07 Å². The van der Waals surface area contributed by atoms with Crippen LogP contribution >= 0.6 is 0 Å². The molecule has 0 bridgehead atoms. The van der Waals surface area contributed by atoms with Crippen LogP contribution in [0.2, 0.25) is 0 Å². The molecule has 2 heterocycles. The Hall–Kier alpha value is -3.15. The van der Waals surface area contributed by atoms with E-state index < -0.39 is 10.0 Å². The fourth-order valence-electron chi connectivity index (χ4n) is 5.01. The Balaban J connectivity index is 1.64. The molecule has 1 aromatic heterocycles. The maximum Gasteiger partial charge on any atom is 0.211 e. The van der Waals surface area contributed by atoms with E-state index in [1.807, 2.05) is 36.5 Å². The Kier molecular flexibility index (Phi) is 5.03. The van der Waals surface area contributed by atoms with Crippen LogP contribution in [0, 0.1) is 11.3 Å². The van der Waals surface area contributed by atoms with Crippen LogP contribution in [0.4, 0.5) is 5.69 Å². The van der Waals surface area contributed by atoms with E-state index in [1.165, 1.54) is 11.8 Å². The highest BCUT2D eigenvalue weighted by molar-refractivity contribution is 7.88. The number of fused-ring (bicyclic) bond motifs is 1. The van der Waals surface area contributed by atoms with Gasteiger partial charge in [0, 0.05) is 30.4 Å². The third-order valence-corrected chi connectivity index (χ3v) is 7.96. The molecule has 3 aromatic rings. The summed E-state index contributed by atoms with van der Waals surface area (Å²) in [6, 6.07) is 17.8. The number of sulfonamides is 1. The zero-order valence-electron chi connectivity index (χ0n) is 17.9. The van der Waals surface area contributed by atoms with E-state index in [0.717, 1.165) is 29.8 Å². The van der Waals surface area contributed by atoms with E-state index >= 15 is 0 Å². The maximum absolute atomic E-state index is 13.1. The van der Waals surface area contributed by atoms with Gasteiger partial charge in [0.2, 0.25) is 10.0 Å². The molecule has 2 aliphatic rings. The van der Waals surface area contributed by atoms with Gasteiger partial charge in [0.25, 0.3) is 0 Å². The van der Waals surface area contributed by atoms with Crippen LogP contribution in [-0.2, 0) is 28.5 Å². The SMILES string of the molecule is CS(=O)(=O)N1Cc2cc(C#N)ccc2N(Cc2c[nH]cn2)CC1C1(c2ccccc2)CC1. The van der Waals surface area contributed by atoms with Crippen LogP contribution < -0.4 is 4.90 Å². The molecule has 0 radical (unpaired) electrons. The lowest BCUT2D eigenvalue weighted by Gasteiger charge is -2.37. The first-order valence-corrected chi connectivity index (χ1v) is 12.5. The quantitative estimate of drug-likeness (QED) is 0.649. The highest BCUT2D eigenvalue weighted by atomic mass is 32.2. The molecular weight excluding hydrogens is 422 g/mol. The van der Waals surface area contributed by atoms with Gasteiger partial charge in [-0.25, -0.2) is 13.4 Å². The standard InChI is InChI=1S/C24H25N5O2S/c1-32(30,31)29-14-19-11-18(12-25)7-8-22(19)28(15-21-13-26-17-27-21)16-23(29)24(9-10-24)20-5-3-2-4-6-20/h2-8,11,13,17,23H,9-10,14-16H2,1H3,(H,26,27). The molecule has 1 aliphatic heterocycles. The van der Waals surface area contributed by atoms with Gasteiger partial charge in [-0.05, 0) is 42.2 Å². The summed E-state index contributed by atoms with van der Waals surface area (Å²) < 4.78 is 27.8. The van der Waals surface area contributed by atoms with Gasteiger partial charge in [0.05, 0.1) is 42.5 Å². The van der Waals surface area contributed by atoms with Crippen molar-refractivity contribution in [2.75, 3.05) is 17.7 Å². The maximum atomic E-state index is 13.1. The number of H-pyrrole nitrogens is 1. The van der Waals surface area contributed by atoms with E-state index in [9.17, 15) is 13.7 Å². The number of nitrogens with one attached hydrogen (secondary N) is 1. The molecule has 1 N–H and O–H groups in total. The first-order chi connectivity index (χ1) is 15.4. The number of aromatic amines is 1. The van der Waals surface area contributed by atoms with Gasteiger partial charge in [0.1, 0.15) is 0 Å².